The van der Waals surface area contributed by atoms with Crippen LogP contribution in [0.2, 0.25) is 0 Å². The monoisotopic (exact) mass is 289 g/mol. The van der Waals surface area contributed by atoms with E-state index < -0.39 is 17.2 Å². The Morgan fingerprint density at radius 2 is 2.00 bits per heavy atom. The number of benzene rings is 1. The first-order valence-electron chi connectivity index (χ1n) is 7.08. The molecule has 1 aliphatic heterocycles. The molecule has 1 amide bonds. The van der Waals surface area contributed by atoms with E-state index >= 15 is 0 Å². The zero-order valence-corrected chi connectivity index (χ0v) is 12.4. The van der Waals surface area contributed by atoms with Crippen molar-refractivity contribution in [3.63, 3.8) is 0 Å². The van der Waals surface area contributed by atoms with E-state index in [0.717, 1.165) is 5.56 Å². The van der Waals surface area contributed by atoms with Crippen LogP contribution in [0, 0.1) is 5.92 Å². The van der Waals surface area contributed by atoms with Gasteiger partial charge in [-0.1, -0.05) is 30.3 Å². The summed E-state index contributed by atoms with van der Waals surface area (Å²) in [5.74, 6) is -0.417. The van der Waals surface area contributed by atoms with Gasteiger partial charge >= 0.3 is 12.1 Å². The number of alkyl carbamates (subject to hydrolysis) is 1. The zero-order chi connectivity index (χ0) is 15.3. The number of carbonyl (C=O) groups excluding carboxylic acids is 2. The zero-order valence-electron chi connectivity index (χ0n) is 12.4. The Balaban J connectivity index is 1.81. The van der Waals surface area contributed by atoms with Crippen LogP contribution in [0.1, 0.15) is 32.3 Å². The highest BCUT2D eigenvalue weighted by Crippen LogP contribution is 2.61. The van der Waals surface area contributed by atoms with E-state index in [2.05, 4.69) is 5.32 Å². The van der Waals surface area contributed by atoms with Gasteiger partial charge in [0.1, 0.15) is 5.60 Å². The van der Waals surface area contributed by atoms with Gasteiger partial charge in [0.25, 0.3) is 0 Å². The SMILES string of the molecule is CC(C)(C)OC(=O)N[C@@]12C(=O)OC[C@@H]1[C@@H]2c1ccccc1. The molecule has 1 N–H and O–H groups in total. The quantitative estimate of drug-likeness (QED) is 0.848. The van der Waals surface area contributed by atoms with Crippen molar-refractivity contribution in [2.45, 2.75) is 37.8 Å². The van der Waals surface area contributed by atoms with E-state index in [1.807, 2.05) is 30.3 Å². The Kier molecular flexibility index (Phi) is 2.97. The number of fused-ring (bicyclic) bond motifs is 1. The molecular formula is C16H19NO4. The van der Waals surface area contributed by atoms with Crippen molar-refractivity contribution >= 4 is 12.1 Å². The van der Waals surface area contributed by atoms with Gasteiger partial charge in [-0.3, -0.25) is 0 Å². The summed E-state index contributed by atoms with van der Waals surface area (Å²) in [6.07, 6.45) is -0.579. The third kappa shape index (κ3) is 2.26. The molecule has 1 saturated heterocycles. The minimum atomic E-state index is -0.955. The Labute approximate surface area is 123 Å². The van der Waals surface area contributed by atoms with Crippen molar-refractivity contribution in [1.29, 1.82) is 0 Å². The molecule has 1 aromatic rings. The van der Waals surface area contributed by atoms with Crippen LogP contribution in [0.15, 0.2) is 30.3 Å². The highest BCUT2D eigenvalue weighted by Gasteiger charge is 2.76. The molecule has 1 saturated carbocycles. The molecule has 5 nitrogen and oxygen atoms in total. The Bertz CT molecular complexity index is 578. The number of nitrogens with one attached hydrogen (secondary N) is 1. The molecule has 0 bridgehead atoms. The molecular weight excluding hydrogens is 270 g/mol. The molecule has 1 aromatic carbocycles. The fraction of sp³-hybridized carbons (Fsp3) is 0.500. The number of carbonyl (C=O) groups is 2. The normalized spacial score (nSPS) is 30.3. The number of hydrogen-bond donors (Lipinski definition) is 1. The van der Waals surface area contributed by atoms with Crippen LogP contribution >= 0.6 is 0 Å². The number of cyclic esters (lactones) is 1. The number of rotatable bonds is 2. The van der Waals surface area contributed by atoms with Gasteiger partial charge in [-0.2, -0.15) is 0 Å². The summed E-state index contributed by atoms with van der Waals surface area (Å²) < 4.78 is 10.4. The number of hydrogen-bond acceptors (Lipinski definition) is 4. The Morgan fingerprint density at radius 1 is 1.33 bits per heavy atom. The largest absolute Gasteiger partial charge is 0.463 e. The van der Waals surface area contributed by atoms with Crippen molar-refractivity contribution in [2.75, 3.05) is 6.61 Å². The molecule has 0 aromatic heterocycles. The lowest BCUT2D eigenvalue weighted by molar-refractivity contribution is -0.143. The molecule has 0 spiro atoms. The van der Waals surface area contributed by atoms with Crippen molar-refractivity contribution in [2.24, 2.45) is 5.92 Å². The maximum absolute atomic E-state index is 12.1. The van der Waals surface area contributed by atoms with Crippen LogP contribution in [0.4, 0.5) is 4.79 Å². The van der Waals surface area contributed by atoms with Crippen molar-refractivity contribution < 1.29 is 19.1 Å². The fourth-order valence-corrected chi connectivity index (χ4v) is 3.10. The first-order valence-corrected chi connectivity index (χ1v) is 7.08. The summed E-state index contributed by atoms with van der Waals surface area (Å²) in [4.78, 5) is 24.2. The van der Waals surface area contributed by atoms with E-state index in [4.69, 9.17) is 9.47 Å². The second kappa shape index (κ2) is 4.48. The third-order valence-electron chi connectivity index (χ3n) is 3.97. The standard InChI is InChI=1S/C16H19NO4/c1-15(2,3)21-14(19)17-16-11(9-20-13(16)18)12(16)10-7-5-4-6-8-10/h4-8,11-12H,9H2,1-3H3,(H,17,19)/t11-,12+,16+/m1/s1. The predicted octanol–water partition coefficient (Wildman–Crippen LogP) is 2.22. The van der Waals surface area contributed by atoms with Crippen molar-refractivity contribution in [3.8, 4) is 0 Å². The molecule has 112 valence electrons. The van der Waals surface area contributed by atoms with E-state index in [-0.39, 0.29) is 17.8 Å². The molecule has 1 aliphatic carbocycles. The van der Waals surface area contributed by atoms with Gasteiger partial charge in [0.2, 0.25) is 0 Å². The van der Waals surface area contributed by atoms with Crippen LogP contribution < -0.4 is 5.32 Å². The smallest absolute Gasteiger partial charge is 0.408 e. The van der Waals surface area contributed by atoms with Gasteiger partial charge in [0, 0.05) is 11.8 Å². The molecule has 2 aliphatic rings. The highest BCUT2D eigenvalue weighted by atomic mass is 16.6. The van der Waals surface area contributed by atoms with E-state index in [0.29, 0.717) is 6.61 Å². The molecule has 2 fully saturated rings. The summed E-state index contributed by atoms with van der Waals surface area (Å²) in [5, 5.41) is 2.75. The van der Waals surface area contributed by atoms with Crippen molar-refractivity contribution in [1.82, 2.24) is 5.32 Å². The van der Waals surface area contributed by atoms with Crippen LogP contribution in [-0.4, -0.2) is 29.8 Å². The van der Waals surface area contributed by atoms with E-state index in [1.54, 1.807) is 20.8 Å². The first kappa shape index (κ1) is 13.9. The van der Waals surface area contributed by atoms with E-state index in [9.17, 15) is 9.59 Å². The highest BCUT2D eigenvalue weighted by molar-refractivity contribution is 5.94. The minimum Gasteiger partial charge on any atom is -0.463 e. The van der Waals surface area contributed by atoms with Gasteiger partial charge in [-0.05, 0) is 26.3 Å². The summed E-state index contributed by atoms with van der Waals surface area (Å²) >= 11 is 0. The third-order valence-corrected chi connectivity index (χ3v) is 3.97. The summed E-state index contributed by atoms with van der Waals surface area (Å²) in [7, 11) is 0. The topological polar surface area (TPSA) is 64.6 Å². The van der Waals surface area contributed by atoms with Crippen LogP contribution in [0.5, 0.6) is 0 Å². The first-order chi connectivity index (χ1) is 9.84. The second-order valence-corrected chi connectivity index (χ2v) is 6.59. The van der Waals surface area contributed by atoms with E-state index in [1.165, 1.54) is 0 Å². The van der Waals surface area contributed by atoms with Gasteiger partial charge in [0.15, 0.2) is 5.54 Å². The number of esters is 1. The molecule has 21 heavy (non-hydrogen) atoms. The van der Waals surface area contributed by atoms with Crippen LogP contribution in [-0.2, 0) is 14.3 Å². The molecule has 0 unspecified atom stereocenters. The lowest BCUT2D eigenvalue weighted by Gasteiger charge is -2.22. The van der Waals surface area contributed by atoms with Crippen LogP contribution in [0.3, 0.4) is 0 Å². The average Bonchev–Trinajstić information content (AvgIpc) is 2.92. The summed E-state index contributed by atoms with van der Waals surface area (Å²) in [6.45, 7) is 5.71. The molecule has 3 rings (SSSR count). The lowest BCUT2D eigenvalue weighted by Crippen LogP contribution is -2.46. The number of amides is 1. The average molecular weight is 289 g/mol. The minimum absolute atomic E-state index is 0.0140. The molecule has 3 atom stereocenters. The lowest BCUT2D eigenvalue weighted by atomic mass is 10.1. The molecule has 0 radical (unpaired) electrons. The fourth-order valence-electron chi connectivity index (χ4n) is 3.10. The van der Waals surface area contributed by atoms with Crippen molar-refractivity contribution in [3.05, 3.63) is 35.9 Å². The van der Waals surface area contributed by atoms with Gasteiger partial charge in [0.05, 0.1) is 6.61 Å². The Hall–Kier alpha value is -2.04. The molecule has 5 heteroatoms. The molecule has 1 heterocycles. The predicted molar refractivity (Wildman–Crippen MR) is 75.7 cm³/mol. The maximum atomic E-state index is 12.1. The second-order valence-electron chi connectivity index (χ2n) is 6.59. The van der Waals surface area contributed by atoms with Gasteiger partial charge < -0.3 is 14.8 Å². The maximum Gasteiger partial charge on any atom is 0.408 e. The van der Waals surface area contributed by atoms with Gasteiger partial charge in [-0.15, -0.1) is 0 Å². The van der Waals surface area contributed by atoms with Crippen LogP contribution in [0.25, 0.3) is 0 Å². The summed E-state index contributed by atoms with van der Waals surface area (Å²) in [6, 6.07) is 9.71. The summed E-state index contributed by atoms with van der Waals surface area (Å²) in [5.41, 5.74) is -0.519. The van der Waals surface area contributed by atoms with Gasteiger partial charge in [-0.25, -0.2) is 9.59 Å². The number of ether oxygens (including phenoxy) is 2. The Morgan fingerprint density at radius 3 is 2.62 bits per heavy atom.